The summed E-state index contributed by atoms with van der Waals surface area (Å²) in [5.74, 6) is 0.507. The third-order valence-electron chi connectivity index (χ3n) is 4.73. The summed E-state index contributed by atoms with van der Waals surface area (Å²) in [6, 6.07) is 15.3. The average molecular weight is 423 g/mol. The van der Waals surface area contributed by atoms with Crippen molar-refractivity contribution in [2.75, 3.05) is 4.31 Å². The Morgan fingerprint density at radius 1 is 0.933 bits per heavy atom. The predicted molar refractivity (Wildman–Crippen MR) is 114 cm³/mol. The number of benzene rings is 2. The van der Waals surface area contributed by atoms with Crippen LogP contribution in [0.4, 0.5) is 5.69 Å². The fourth-order valence-corrected chi connectivity index (χ4v) is 4.53. The molecule has 8 nitrogen and oxygen atoms in total. The van der Waals surface area contributed by atoms with Crippen molar-refractivity contribution < 1.29 is 8.42 Å². The van der Waals surface area contributed by atoms with E-state index in [1.807, 2.05) is 26.0 Å². The van der Waals surface area contributed by atoms with E-state index in [1.165, 1.54) is 14.9 Å². The first kappa shape index (κ1) is 19.8. The van der Waals surface area contributed by atoms with Gasteiger partial charge in [-0.1, -0.05) is 35.4 Å². The van der Waals surface area contributed by atoms with Crippen LogP contribution in [0.5, 0.6) is 0 Å². The zero-order valence-corrected chi connectivity index (χ0v) is 17.6. The topological polar surface area (TPSA) is 100 Å². The van der Waals surface area contributed by atoms with Crippen molar-refractivity contribution in [2.24, 2.45) is 0 Å². The van der Waals surface area contributed by atoms with Crippen LogP contribution in [0.25, 0.3) is 5.78 Å². The monoisotopic (exact) mass is 423 g/mol. The SMILES string of the molecule is Cc1ccc(N(Cc2nc3nc(C)cc(=O)n3[nH]2)S(=O)(=O)c2ccc(C)cc2)cc1. The van der Waals surface area contributed by atoms with E-state index in [1.54, 1.807) is 43.3 Å². The molecule has 0 bridgehead atoms. The van der Waals surface area contributed by atoms with Crippen LogP contribution in [0.2, 0.25) is 0 Å². The van der Waals surface area contributed by atoms with Crippen LogP contribution in [-0.4, -0.2) is 28.0 Å². The second kappa shape index (κ2) is 7.42. The number of sulfonamides is 1. The third-order valence-corrected chi connectivity index (χ3v) is 6.52. The van der Waals surface area contributed by atoms with Crippen LogP contribution in [0.15, 0.2) is 64.3 Å². The highest BCUT2D eigenvalue weighted by Gasteiger charge is 2.26. The van der Waals surface area contributed by atoms with Crippen LogP contribution in [0.3, 0.4) is 0 Å². The lowest BCUT2D eigenvalue weighted by atomic mass is 10.2. The van der Waals surface area contributed by atoms with Crippen molar-refractivity contribution in [1.82, 2.24) is 19.6 Å². The van der Waals surface area contributed by atoms with Crippen molar-refractivity contribution in [3.8, 4) is 0 Å². The summed E-state index contributed by atoms with van der Waals surface area (Å²) in [6.07, 6.45) is 0. The molecule has 4 rings (SSSR count). The summed E-state index contributed by atoms with van der Waals surface area (Å²) in [5.41, 5.74) is 2.72. The van der Waals surface area contributed by atoms with E-state index in [4.69, 9.17) is 0 Å². The summed E-state index contributed by atoms with van der Waals surface area (Å²) < 4.78 is 29.4. The van der Waals surface area contributed by atoms with Crippen LogP contribution >= 0.6 is 0 Å². The molecule has 2 heterocycles. The Morgan fingerprint density at radius 2 is 1.53 bits per heavy atom. The second-order valence-corrected chi connectivity index (χ2v) is 9.06. The standard InChI is InChI=1S/C21H21N5O3S/c1-14-4-8-17(9-5-14)25(30(28,29)18-10-6-15(2)7-11-18)13-19-23-21-22-16(3)12-20(27)26(21)24-19/h4-12H,13H2,1-3H3,(H,22,23,24). The summed E-state index contributed by atoms with van der Waals surface area (Å²) in [7, 11) is -3.87. The van der Waals surface area contributed by atoms with Gasteiger partial charge in [0, 0.05) is 11.8 Å². The molecule has 0 saturated heterocycles. The van der Waals surface area contributed by atoms with Gasteiger partial charge in [0.1, 0.15) is 5.82 Å². The van der Waals surface area contributed by atoms with Crippen LogP contribution in [0, 0.1) is 20.8 Å². The quantitative estimate of drug-likeness (QED) is 0.532. The van der Waals surface area contributed by atoms with Gasteiger partial charge in [-0.25, -0.2) is 13.4 Å². The van der Waals surface area contributed by atoms with Gasteiger partial charge in [-0.3, -0.25) is 14.2 Å². The lowest BCUT2D eigenvalue weighted by Gasteiger charge is -2.23. The molecule has 0 amide bonds. The molecule has 0 saturated carbocycles. The number of aromatic amines is 1. The zero-order valence-electron chi connectivity index (χ0n) is 16.8. The summed E-state index contributed by atoms with van der Waals surface area (Å²) >= 11 is 0. The van der Waals surface area contributed by atoms with Gasteiger partial charge in [0.25, 0.3) is 21.4 Å². The highest BCUT2D eigenvalue weighted by atomic mass is 32.2. The lowest BCUT2D eigenvalue weighted by Crippen LogP contribution is -2.31. The van der Waals surface area contributed by atoms with Gasteiger partial charge in [0.15, 0.2) is 0 Å². The maximum atomic E-state index is 13.5. The molecule has 2 aromatic carbocycles. The Bertz CT molecular complexity index is 1370. The Balaban J connectivity index is 1.82. The van der Waals surface area contributed by atoms with E-state index in [0.717, 1.165) is 11.1 Å². The van der Waals surface area contributed by atoms with Crippen LogP contribution in [0.1, 0.15) is 22.6 Å². The van der Waals surface area contributed by atoms with Gasteiger partial charge >= 0.3 is 0 Å². The molecule has 4 aromatic rings. The summed E-state index contributed by atoms with van der Waals surface area (Å²) in [6.45, 7) is 5.45. The van der Waals surface area contributed by atoms with Gasteiger partial charge < -0.3 is 0 Å². The number of aryl methyl sites for hydroxylation is 3. The summed E-state index contributed by atoms with van der Waals surface area (Å²) in [4.78, 5) is 20.9. The first-order valence-corrected chi connectivity index (χ1v) is 10.8. The minimum atomic E-state index is -3.87. The highest BCUT2D eigenvalue weighted by Crippen LogP contribution is 2.26. The number of aromatic nitrogens is 4. The van der Waals surface area contributed by atoms with Crippen molar-refractivity contribution >= 4 is 21.5 Å². The van der Waals surface area contributed by atoms with E-state index in [9.17, 15) is 13.2 Å². The van der Waals surface area contributed by atoms with E-state index in [0.29, 0.717) is 17.2 Å². The van der Waals surface area contributed by atoms with Gasteiger partial charge in [0.05, 0.1) is 17.1 Å². The molecule has 0 aliphatic carbocycles. The zero-order chi connectivity index (χ0) is 21.5. The molecule has 1 N–H and O–H groups in total. The largest absolute Gasteiger partial charge is 0.274 e. The Labute approximate surface area is 173 Å². The number of hydrogen-bond donors (Lipinski definition) is 1. The maximum Gasteiger partial charge on any atom is 0.274 e. The Morgan fingerprint density at radius 3 is 2.17 bits per heavy atom. The van der Waals surface area contributed by atoms with Gasteiger partial charge in [-0.05, 0) is 45.0 Å². The number of H-pyrrole nitrogens is 1. The molecular weight excluding hydrogens is 402 g/mol. The molecule has 0 aliphatic heterocycles. The number of rotatable bonds is 5. The number of nitrogens with one attached hydrogen (secondary N) is 1. The normalized spacial score (nSPS) is 11.7. The summed E-state index contributed by atoms with van der Waals surface area (Å²) in [5, 5.41) is 2.86. The number of anilines is 1. The van der Waals surface area contributed by atoms with Crippen molar-refractivity contribution in [2.45, 2.75) is 32.2 Å². The van der Waals surface area contributed by atoms with Gasteiger partial charge in [0.2, 0.25) is 0 Å². The smallest absolute Gasteiger partial charge is 0.273 e. The fraction of sp³-hybridized carbons (Fsp3) is 0.190. The maximum absolute atomic E-state index is 13.5. The Kier molecular flexibility index (Phi) is 4.90. The molecule has 0 unspecified atom stereocenters. The highest BCUT2D eigenvalue weighted by molar-refractivity contribution is 7.92. The molecule has 9 heteroatoms. The average Bonchev–Trinajstić information content (AvgIpc) is 3.10. The van der Waals surface area contributed by atoms with Gasteiger partial charge in [-0.2, -0.15) is 9.50 Å². The molecule has 0 spiro atoms. The minimum Gasteiger partial charge on any atom is -0.273 e. The van der Waals surface area contributed by atoms with Crippen molar-refractivity contribution in [3.05, 3.63) is 87.6 Å². The molecule has 0 atom stereocenters. The molecule has 0 aliphatic rings. The third kappa shape index (κ3) is 3.71. The molecular formula is C21H21N5O3S. The van der Waals surface area contributed by atoms with E-state index >= 15 is 0 Å². The Hall–Kier alpha value is -3.46. The lowest BCUT2D eigenvalue weighted by molar-refractivity contribution is 0.589. The second-order valence-electron chi connectivity index (χ2n) is 7.20. The molecule has 30 heavy (non-hydrogen) atoms. The number of hydrogen-bond acceptors (Lipinski definition) is 5. The van der Waals surface area contributed by atoms with E-state index < -0.39 is 10.0 Å². The van der Waals surface area contributed by atoms with E-state index in [-0.39, 0.29) is 22.8 Å². The first-order valence-electron chi connectivity index (χ1n) is 9.35. The first-order chi connectivity index (χ1) is 14.2. The minimum absolute atomic E-state index is 0.0822. The van der Waals surface area contributed by atoms with Crippen molar-refractivity contribution in [3.63, 3.8) is 0 Å². The fourth-order valence-electron chi connectivity index (χ4n) is 3.11. The van der Waals surface area contributed by atoms with E-state index in [2.05, 4.69) is 15.1 Å². The predicted octanol–water partition coefficient (Wildman–Crippen LogP) is 2.74. The molecule has 0 radical (unpaired) electrons. The van der Waals surface area contributed by atoms with Gasteiger partial charge in [-0.15, -0.1) is 0 Å². The van der Waals surface area contributed by atoms with Crippen molar-refractivity contribution in [1.29, 1.82) is 0 Å². The molecule has 2 aromatic heterocycles. The molecule has 154 valence electrons. The van der Waals surface area contributed by atoms with Crippen LogP contribution < -0.4 is 9.86 Å². The molecule has 0 fully saturated rings. The van der Waals surface area contributed by atoms with Crippen LogP contribution in [-0.2, 0) is 16.6 Å². The number of fused-ring (bicyclic) bond motifs is 1. The number of nitrogens with zero attached hydrogens (tertiary/aromatic N) is 4.